The van der Waals surface area contributed by atoms with E-state index < -0.39 is 6.09 Å². The normalized spacial score (nSPS) is 18.1. The van der Waals surface area contributed by atoms with E-state index in [4.69, 9.17) is 9.47 Å². The number of likely N-dealkylation sites (tertiary alicyclic amines) is 1. The van der Waals surface area contributed by atoms with Gasteiger partial charge in [-0.25, -0.2) is 0 Å². The molecule has 2 atom stereocenters. The molecule has 0 aliphatic carbocycles. The number of hydrogen-bond acceptors (Lipinski definition) is 5. The van der Waals surface area contributed by atoms with E-state index in [9.17, 15) is 14.7 Å². The van der Waals surface area contributed by atoms with Crippen LogP contribution in [0.5, 0.6) is 0 Å². The van der Waals surface area contributed by atoms with Gasteiger partial charge in [-0.15, -0.1) is 0 Å². The molecule has 0 aromatic heterocycles. The molecule has 2 unspecified atom stereocenters. The number of nitrogens with zero attached hydrogens (tertiary/aromatic N) is 1. The van der Waals surface area contributed by atoms with Gasteiger partial charge in [0.25, 0.3) is 0 Å². The van der Waals surface area contributed by atoms with Crippen LogP contribution in [0.2, 0.25) is 0 Å². The molecule has 0 N–H and O–H groups in total. The van der Waals surface area contributed by atoms with Crippen molar-refractivity contribution < 1.29 is 24.2 Å². The number of esters is 1. The molecule has 6 heteroatoms. The van der Waals surface area contributed by atoms with Crippen molar-refractivity contribution >= 4 is 22.8 Å². The number of ether oxygens (including phenoxy) is 2. The summed E-state index contributed by atoms with van der Waals surface area (Å²) in [6, 6.07) is 22.6. The number of fused-ring (bicyclic) bond motifs is 1. The van der Waals surface area contributed by atoms with Crippen molar-refractivity contribution in [1.82, 2.24) is 4.90 Å². The molecule has 1 aliphatic heterocycles. The third-order valence-electron chi connectivity index (χ3n) is 6.43. The lowest BCUT2D eigenvalue weighted by Gasteiger charge is -2.40. The molecule has 1 aliphatic rings. The second-order valence-corrected chi connectivity index (χ2v) is 8.68. The van der Waals surface area contributed by atoms with Crippen LogP contribution in [0.15, 0.2) is 66.7 Å². The number of carboxylic acid groups (broad SMARTS) is 1. The Morgan fingerprint density at radius 1 is 1.00 bits per heavy atom. The highest BCUT2D eigenvalue weighted by Crippen LogP contribution is 2.31. The number of hydrogen-bond donors (Lipinski definition) is 0. The monoisotopic (exact) mass is 460 g/mol. The van der Waals surface area contributed by atoms with E-state index in [0.29, 0.717) is 39.0 Å². The molecule has 4 rings (SSSR count). The van der Waals surface area contributed by atoms with Gasteiger partial charge in [-0.3, -0.25) is 4.79 Å². The molecule has 3 aromatic carbocycles. The highest BCUT2D eigenvalue weighted by atomic mass is 16.5. The van der Waals surface area contributed by atoms with Crippen molar-refractivity contribution in [2.24, 2.45) is 0 Å². The van der Waals surface area contributed by atoms with Gasteiger partial charge in [0.15, 0.2) is 0 Å². The average molecular weight is 461 g/mol. The van der Waals surface area contributed by atoms with Crippen LogP contribution in [0.25, 0.3) is 10.8 Å². The second kappa shape index (κ2) is 11.2. The summed E-state index contributed by atoms with van der Waals surface area (Å²) in [6.07, 6.45) is 0.215. The standard InChI is InChI=1S/C28H31NO5/c1-2-33-27(30)14-10-20-7-12-23(13-8-20)25-15-16-29(28(31)32)18-26(25)34-19-21-9-11-22-5-3-4-6-24(22)17-21/h3-9,11-13,17,25-26H,2,10,14-16,18-19H2,1H3,(H,31,32)/p-1. The van der Waals surface area contributed by atoms with Crippen molar-refractivity contribution in [1.29, 1.82) is 0 Å². The fourth-order valence-corrected chi connectivity index (χ4v) is 4.58. The van der Waals surface area contributed by atoms with E-state index in [-0.39, 0.29) is 24.5 Å². The first-order chi connectivity index (χ1) is 16.5. The van der Waals surface area contributed by atoms with Gasteiger partial charge in [-0.2, -0.15) is 0 Å². The van der Waals surface area contributed by atoms with Gasteiger partial charge in [0, 0.05) is 25.4 Å². The number of benzene rings is 3. The summed E-state index contributed by atoms with van der Waals surface area (Å²) in [6.45, 7) is 3.31. The molecule has 1 fully saturated rings. The summed E-state index contributed by atoms with van der Waals surface area (Å²) >= 11 is 0. The topological polar surface area (TPSA) is 78.9 Å². The number of carbonyl (C=O) groups excluding carboxylic acids is 2. The predicted octanol–water partition coefficient (Wildman–Crippen LogP) is 4.05. The molecular formula is C28H30NO5-. The molecule has 34 heavy (non-hydrogen) atoms. The minimum atomic E-state index is -1.16. The van der Waals surface area contributed by atoms with Gasteiger partial charge in [0.1, 0.15) is 6.09 Å². The minimum Gasteiger partial charge on any atom is -0.530 e. The fraction of sp³-hybridized carbons (Fsp3) is 0.357. The Kier molecular flexibility index (Phi) is 7.80. The maximum Gasteiger partial charge on any atom is 0.306 e. The summed E-state index contributed by atoms with van der Waals surface area (Å²) in [4.78, 5) is 24.5. The van der Waals surface area contributed by atoms with Gasteiger partial charge in [0.2, 0.25) is 0 Å². The summed E-state index contributed by atoms with van der Waals surface area (Å²) in [7, 11) is 0. The number of rotatable bonds is 8. The zero-order chi connectivity index (χ0) is 23.9. The summed E-state index contributed by atoms with van der Waals surface area (Å²) in [5.74, 6) is -0.112. The first-order valence-electron chi connectivity index (χ1n) is 11.8. The van der Waals surface area contributed by atoms with E-state index in [2.05, 4.69) is 42.5 Å². The first kappa shape index (κ1) is 23.8. The number of amides is 1. The van der Waals surface area contributed by atoms with Gasteiger partial charge in [-0.1, -0.05) is 60.7 Å². The van der Waals surface area contributed by atoms with E-state index >= 15 is 0 Å². The lowest BCUT2D eigenvalue weighted by molar-refractivity contribution is -0.268. The Morgan fingerprint density at radius 3 is 2.47 bits per heavy atom. The van der Waals surface area contributed by atoms with Crippen LogP contribution < -0.4 is 5.11 Å². The number of carbonyl (C=O) groups is 2. The smallest absolute Gasteiger partial charge is 0.306 e. The van der Waals surface area contributed by atoms with E-state index in [1.165, 1.54) is 10.3 Å². The third-order valence-corrected chi connectivity index (χ3v) is 6.43. The molecule has 1 amide bonds. The van der Waals surface area contributed by atoms with Crippen LogP contribution in [0.1, 0.15) is 42.4 Å². The van der Waals surface area contributed by atoms with Crippen LogP contribution in [-0.4, -0.2) is 42.8 Å². The molecule has 0 saturated carbocycles. The van der Waals surface area contributed by atoms with Gasteiger partial charge in [0.05, 0.1) is 19.3 Å². The van der Waals surface area contributed by atoms with E-state index in [1.807, 2.05) is 24.3 Å². The van der Waals surface area contributed by atoms with Crippen LogP contribution >= 0.6 is 0 Å². The van der Waals surface area contributed by atoms with Gasteiger partial charge < -0.3 is 24.3 Å². The molecule has 1 saturated heterocycles. The van der Waals surface area contributed by atoms with Crippen LogP contribution in [0.3, 0.4) is 0 Å². The number of piperidine rings is 1. The van der Waals surface area contributed by atoms with E-state index in [1.54, 1.807) is 6.92 Å². The largest absolute Gasteiger partial charge is 0.530 e. The number of aryl methyl sites for hydroxylation is 1. The van der Waals surface area contributed by atoms with Gasteiger partial charge in [-0.05, 0) is 53.3 Å². The zero-order valence-corrected chi connectivity index (χ0v) is 19.4. The SMILES string of the molecule is CCOC(=O)CCc1ccc(C2CCN(C(=O)[O-])CC2OCc2ccc3ccccc3c2)cc1. The molecule has 3 aromatic rings. The lowest BCUT2D eigenvalue weighted by Crippen LogP contribution is -2.51. The third kappa shape index (κ3) is 5.94. The van der Waals surface area contributed by atoms with Crippen LogP contribution in [0, 0.1) is 0 Å². The molecule has 0 radical (unpaired) electrons. The van der Waals surface area contributed by atoms with Crippen molar-refractivity contribution in [2.45, 2.75) is 44.8 Å². The van der Waals surface area contributed by atoms with Crippen molar-refractivity contribution in [3.8, 4) is 0 Å². The zero-order valence-electron chi connectivity index (χ0n) is 19.4. The first-order valence-corrected chi connectivity index (χ1v) is 11.8. The van der Waals surface area contributed by atoms with E-state index in [0.717, 1.165) is 22.1 Å². The van der Waals surface area contributed by atoms with Crippen molar-refractivity contribution in [2.75, 3.05) is 19.7 Å². The summed E-state index contributed by atoms with van der Waals surface area (Å²) in [5.41, 5.74) is 3.23. The molecule has 178 valence electrons. The molecular weight excluding hydrogens is 430 g/mol. The highest BCUT2D eigenvalue weighted by Gasteiger charge is 2.31. The summed E-state index contributed by atoms with van der Waals surface area (Å²) in [5, 5.41) is 13.8. The predicted molar refractivity (Wildman–Crippen MR) is 128 cm³/mol. The molecule has 1 heterocycles. The van der Waals surface area contributed by atoms with Crippen molar-refractivity contribution in [3.05, 3.63) is 83.4 Å². The minimum absolute atomic E-state index is 0.0789. The maximum absolute atomic E-state index is 11.6. The Morgan fingerprint density at radius 2 is 1.74 bits per heavy atom. The Bertz CT molecular complexity index is 1130. The second-order valence-electron chi connectivity index (χ2n) is 8.68. The average Bonchev–Trinajstić information content (AvgIpc) is 2.86. The fourth-order valence-electron chi connectivity index (χ4n) is 4.58. The van der Waals surface area contributed by atoms with Crippen molar-refractivity contribution in [3.63, 3.8) is 0 Å². The quantitative estimate of drug-likeness (QED) is 0.474. The van der Waals surface area contributed by atoms with Gasteiger partial charge >= 0.3 is 5.97 Å². The molecule has 6 nitrogen and oxygen atoms in total. The highest BCUT2D eigenvalue weighted by molar-refractivity contribution is 5.82. The van der Waals surface area contributed by atoms with Crippen LogP contribution in [0.4, 0.5) is 4.79 Å². The maximum atomic E-state index is 11.6. The Balaban J connectivity index is 1.45. The Labute approximate surface area is 200 Å². The molecule has 0 bridgehead atoms. The Hall–Kier alpha value is -3.38. The van der Waals surface area contributed by atoms with Crippen LogP contribution in [-0.2, 0) is 27.3 Å². The molecule has 0 spiro atoms. The lowest BCUT2D eigenvalue weighted by atomic mass is 9.86. The summed E-state index contributed by atoms with van der Waals surface area (Å²) < 4.78 is 11.3.